The normalized spacial score (nSPS) is 29.8. The highest BCUT2D eigenvalue weighted by Crippen LogP contribution is 2.60. The Hall–Kier alpha value is -2.16. The van der Waals surface area contributed by atoms with Crippen LogP contribution in [0.2, 0.25) is 0 Å². The van der Waals surface area contributed by atoms with Crippen LogP contribution in [0.1, 0.15) is 48.2 Å². The van der Waals surface area contributed by atoms with E-state index in [1.54, 1.807) is 0 Å². The van der Waals surface area contributed by atoms with Crippen LogP contribution in [0.5, 0.6) is 0 Å². The maximum Gasteiger partial charge on any atom is 0.0571 e. The summed E-state index contributed by atoms with van der Waals surface area (Å²) < 4.78 is 0. The van der Waals surface area contributed by atoms with Gasteiger partial charge in [0.15, 0.2) is 0 Å². The first-order valence-corrected chi connectivity index (χ1v) is 9.75. The largest absolute Gasteiger partial charge is 0.358 e. The first-order valence-electron chi connectivity index (χ1n) is 9.75. The molecule has 2 aromatic rings. The van der Waals surface area contributed by atoms with Crippen molar-refractivity contribution in [2.45, 2.75) is 46.5 Å². The molecule has 3 nitrogen and oxygen atoms in total. The highest BCUT2D eigenvalue weighted by molar-refractivity contribution is 5.50. The van der Waals surface area contributed by atoms with E-state index in [9.17, 15) is 0 Å². The highest BCUT2D eigenvalue weighted by Gasteiger charge is 2.52. The molecule has 0 aliphatic heterocycles. The zero-order valence-corrected chi connectivity index (χ0v) is 16.3. The molecule has 2 aliphatic rings. The first-order chi connectivity index (χ1) is 12.4. The van der Waals surface area contributed by atoms with Crippen molar-refractivity contribution in [3.05, 3.63) is 65.4 Å². The van der Waals surface area contributed by atoms with Crippen LogP contribution in [-0.2, 0) is 0 Å². The molecule has 2 aliphatic carbocycles. The summed E-state index contributed by atoms with van der Waals surface area (Å²) in [6.45, 7) is 13.1. The van der Waals surface area contributed by atoms with Crippen molar-refractivity contribution < 1.29 is 0 Å². The minimum Gasteiger partial charge on any atom is -0.358 e. The van der Waals surface area contributed by atoms with Crippen LogP contribution in [0.3, 0.4) is 0 Å². The molecule has 26 heavy (non-hydrogen) atoms. The van der Waals surface area contributed by atoms with Crippen molar-refractivity contribution in [1.82, 2.24) is 9.97 Å². The smallest absolute Gasteiger partial charge is 0.0571 e. The number of pyridine rings is 2. The second kappa shape index (κ2) is 6.53. The van der Waals surface area contributed by atoms with Gasteiger partial charge >= 0.3 is 0 Å². The molecular weight excluding hydrogens is 318 g/mol. The van der Waals surface area contributed by atoms with Gasteiger partial charge in [0.1, 0.15) is 0 Å². The zero-order valence-electron chi connectivity index (χ0n) is 16.3. The van der Waals surface area contributed by atoms with Crippen LogP contribution >= 0.6 is 0 Å². The van der Waals surface area contributed by atoms with Crippen LogP contribution in [-0.4, -0.2) is 9.97 Å². The Morgan fingerprint density at radius 3 is 2.69 bits per heavy atom. The molecule has 1 N–H and O–H groups in total. The molecule has 0 amide bonds. The van der Waals surface area contributed by atoms with Crippen molar-refractivity contribution in [3.8, 4) is 0 Å². The maximum atomic E-state index is 4.50. The SMILES string of the molecule is C=C(Nc1cnc(C)c(C)c1)C1C2CC(C)C(C2)C1c1ccnc(C)c1. The molecule has 5 unspecified atom stereocenters. The molecule has 2 saturated carbocycles. The lowest BCUT2D eigenvalue weighted by atomic mass is 9.70. The van der Waals surface area contributed by atoms with E-state index in [-0.39, 0.29) is 0 Å². The fraction of sp³-hybridized carbons (Fsp3) is 0.478. The molecule has 136 valence electrons. The molecule has 5 atom stereocenters. The van der Waals surface area contributed by atoms with Gasteiger partial charge in [-0.25, -0.2) is 0 Å². The number of anilines is 1. The Morgan fingerprint density at radius 1 is 1.15 bits per heavy atom. The van der Waals surface area contributed by atoms with Gasteiger partial charge in [-0.3, -0.25) is 9.97 Å². The summed E-state index contributed by atoms with van der Waals surface area (Å²) in [6, 6.07) is 6.66. The van der Waals surface area contributed by atoms with Gasteiger partial charge in [-0.2, -0.15) is 0 Å². The number of allylic oxidation sites excluding steroid dienone is 1. The molecular formula is C23H29N3. The lowest BCUT2D eigenvalue weighted by molar-refractivity contribution is 0.259. The van der Waals surface area contributed by atoms with Crippen LogP contribution in [0, 0.1) is 44.4 Å². The summed E-state index contributed by atoms with van der Waals surface area (Å²) >= 11 is 0. The van der Waals surface area contributed by atoms with Gasteiger partial charge in [-0.15, -0.1) is 0 Å². The first kappa shape index (κ1) is 17.3. The van der Waals surface area contributed by atoms with Gasteiger partial charge in [0.25, 0.3) is 0 Å². The summed E-state index contributed by atoms with van der Waals surface area (Å²) in [5, 5.41) is 3.59. The van der Waals surface area contributed by atoms with E-state index in [0.29, 0.717) is 11.8 Å². The van der Waals surface area contributed by atoms with Crippen LogP contribution in [0.25, 0.3) is 0 Å². The molecule has 2 heterocycles. The van der Waals surface area contributed by atoms with E-state index >= 15 is 0 Å². The number of hydrogen-bond donors (Lipinski definition) is 1. The number of hydrogen-bond acceptors (Lipinski definition) is 3. The van der Waals surface area contributed by atoms with Gasteiger partial charge < -0.3 is 5.32 Å². The molecule has 0 aromatic carbocycles. The topological polar surface area (TPSA) is 37.8 Å². The second-order valence-electron chi connectivity index (χ2n) is 8.43. The lowest BCUT2D eigenvalue weighted by Crippen LogP contribution is -2.29. The molecule has 0 spiro atoms. The average molecular weight is 348 g/mol. The molecule has 2 fully saturated rings. The molecule has 4 rings (SSSR count). The maximum absolute atomic E-state index is 4.50. The number of aryl methyl sites for hydroxylation is 3. The van der Waals surface area contributed by atoms with Crippen molar-refractivity contribution >= 4 is 5.69 Å². The van der Waals surface area contributed by atoms with Gasteiger partial charge in [-0.1, -0.05) is 13.5 Å². The molecule has 0 radical (unpaired) electrons. The van der Waals surface area contributed by atoms with E-state index in [2.05, 4.69) is 60.8 Å². The van der Waals surface area contributed by atoms with Crippen LogP contribution in [0.15, 0.2) is 42.9 Å². The molecule has 2 aromatic heterocycles. The Kier molecular flexibility index (Phi) is 4.34. The van der Waals surface area contributed by atoms with Crippen molar-refractivity contribution in [2.24, 2.45) is 23.7 Å². The predicted octanol–water partition coefficient (Wildman–Crippen LogP) is 5.40. The highest BCUT2D eigenvalue weighted by atomic mass is 14.9. The monoisotopic (exact) mass is 347 g/mol. The lowest BCUT2D eigenvalue weighted by Gasteiger charge is -2.36. The minimum atomic E-state index is 0.486. The Balaban J connectivity index is 1.62. The summed E-state index contributed by atoms with van der Waals surface area (Å²) in [5.41, 5.74) is 7.04. The summed E-state index contributed by atoms with van der Waals surface area (Å²) in [4.78, 5) is 8.90. The number of nitrogens with one attached hydrogen (secondary N) is 1. The minimum absolute atomic E-state index is 0.486. The Bertz CT molecular complexity index is 841. The van der Waals surface area contributed by atoms with Crippen molar-refractivity contribution in [2.75, 3.05) is 5.32 Å². The van der Waals surface area contributed by atoms with Gasteiger partial charge in [0.05, 0.1) is 11.9 Å². The van der Waals surface area contributed by atoms with Gasteiger partial charge in [-0.05, 0) is 86.6 Å². The van der Waals surface area contributed by atoms with Gasteiger partial charge in [0, 0.05) is 29.2 Å². The van der Waals surface area contributed by atoms with Crippen molar-refractivity contribution in [3.63, 3.8) is 0 Å². The second-order valence-corrected chi connectivity index (χ2v) is 8.43. The zero-order chi connectivity index (χ0) is 18.4. The molecule has 2 bridgehead atoms. The predicted molar refractivity (Wildman–Crippen MR) is 107 cm³/mol. The Morgan fingerprint density at radius 2 is 1.96 bits per heavy atom. The van der Waals surface area contributed by atoms with Crippen molar-refractivity contribution in [1.29, 1.82) is 0 Å². The molecule has 0 saturated heterocycles. The van der Waals surface area contributed by atoms with Crippen LogP contribution < -0.4 is 5.32 Å². The van der Waals surface area contributed by atoms with E-state index in [0.717, 1.165) is 40.5 Å². The van der Waals surface area contributed by atoms with E-state index < -0.39 is 0 Å². The number of aromatic nitrogens is 2. The molecule has 3 heteroatoms. The fourth-order valence-corrected chi connectivity index (χ4v) is 5.39. The van der Waals surface area contributed by atoms with Crippen LogP contribution in [0.4, 0.5) is 5.69 Å². The third-order valence-corrected chi connectivity index (χ3v) is 6.69. The number of nitrogens with zero attached hydrogens (tertiary/aromatic N) is 2. The number of fused-ring (bicyclic) bond motifs is 2. The van der Waals surface area contributed by atoms with E-state index in [1.807, 2.05) is 19.3 Å². The fourth-order valence-electron chi connectivity index (χ4n) is 5.39. The number of rotatable bonds is 4. The quantitative estimate of drug-likeness (QED) is 0.804. The average Bonchev–Trinajstić information content (AvgIpc) is 3.15. The Labute approximate surface area is 157 Å². The van der Waals surface area contributed by atoms with Gasteiger partial charge in [0.2, 0.25) is 0 Å². The standard InChI is InChI=1S/C23H29N3/c1-13-9-20(12-25-16(13)4)26-17(5)22-19-8-14(2)21(11-19)23(22)18-6-7-24-15(3)10-18/h6-7,9-10,12,14,19,21-23,26H,5,8,11H2,1-4H3. The third-order valence-electron chi connectivity index (χ3n) is 6.69. The van der Waals surface area contributed by atoms with E-state index in [4.69, 9.17) is 0 Å². The summed E-state index contributed by atoms with van der Waals surface area (Å²) in [5.74, 6) is 3.31. The van der Waals surface area contributed by atoms with E-state index in [1.165, 1.54) is 24.0 Å². The summed E-state index contributed by atoms with van der Waals surface area (Å²) in [6.07, 6.45) is 6.53. The third kappa shape index (κ3) is 2.94. The summed E-state index contributed by atoms with van der Waals surface area (Å²) in [7, 11) is 0.